The summed E-state index contributed by atoms with van der Waals surface area (Å²) in [4.78, 5) is 21.8. The van der Waals surface area contributed by atoms with Crippen molar-refractivity contribution < 1.29 is 19.1 Å². The highest BCUT2D eigenvalue weighted by atomic mass is 19.1. The predicted molar refractivity (Wildman–Crippen MR) is 54.2 cm³/mol. The van der Waals surface area contributed by atoms with Gasteiger partial charge in [0, 0.05) is 5.92 Å². The molecule has 0 aromatic rings. The first-order valence-electron chi connectivity index (χ1n) is 5.12. The number of carbonyl (C=O) groups is 2. The highest BCUT2D eigenvalue weighted by molar-refractivity contribution is 5.84. The number of alkyl halides is 1. The monoisotopic (exact) mass is 219 g/mol. The van der Waals surface area contributed by atoms with Crippen molar-refractivity contribution in [2.45, 2.75) is 39.2 Å². The average molecular weight is 219 g/mol. The molecule has 0 rings (SSSR count). The van der Waals surface area contributed by atoms with E-state index in [0.717, 1.165) is 12.8 Å². The fourth-order valence-corrected chi connectivity index (χ4v) is 1.12. The Balaban J connectivity index is 4.04. The Morgan fingerprint density at radius 3 is 2.47 bits per heavy atom. The zero-order valence-electron chi connectivity index (χ0n) is 9.12. The normalized spacial score (nSPS) is 14.3. The number of nitrogens with one attached hydrogen (secondary N) is 1. The van der Waals surface area contributed by atoms with E-state index in [4.69, 9.17) is 5.11 Å². The Morgan fingerprint density at radius 1 is 1.47 bits per heavy atom. The van der Waals surface area contributed by atoms with E-state index in [2.05, 4.69) is 5.32 Å². The molecular formula is C10H18FNO3. The molecule has 1 amide bonds. The molecule has 2 atom stereocenters. The molecule has 0 saturated heterocycles. The van der Waals surface area contributed by atoms with Crippen molar-refractivity contribution >= 4 is 11.9 Å². The molecule has 0 radical (unpaired) electrons. The minimum Gasteiger partial charge on any atom is -0.480 e. The number of halogens is 1. The molecule has 0 spiro atoms. The van der Waals surface area contributed by atoms with Gasteiger partial charge in [0.05, 0.1) is 0 Å². The van der Waals surface area contributed by atoms with Crippen molar-refractivity contribution in [3.8, 4) is 0 Å². The van der Waals surface area contributed by atoms with Gasteiger partial charge in [0.25, 0.3) is 0 Å². The van der Waals surface area contributed by atoms with Gasteiger partial charge in [-0.1, -0.05) is 26.7 Å². The average Bonchev–Trinajstić information content (AvgIpc) is 2.21. The van der Waals surface area contributed by atoms with E-state index in [1.54, 1.807) is 6.92 Å². The van der Waals surface area contributed by atoms with Crippen molar-refractivity contribution in [1.82, 2.24) is 5.32 Å². The van der Waals surface area contributed by atoms with Crippen LogP contribution in [0.1, 0.15) is 33.1 Å². The summed E-state index contributed by atoms with van der Waals surface area (Å²) in [5.74, 6) is -2.00. The number of hydrogen-bond donors (Lipinski definition) is 2. The van der Waals surface area contributed by atoms with Crippen molar-refractivity contribution in [2.24, 2.45) is 5.92 Å². The lowest BCUT2D eigenvalue weighted by Crippen LogP contribution is -2.44. The van der Waals surface area contributed by atoms with Gasteiger partial charge in [-0.15, -0.1) is 0 Å². The molecule has 0 aliphatic rings. The fourth-order valence-electron chi connectivity index (χ4n) is 1.12. The molecule has 2 unspecified atom stereocenters. The summed E-state index contributed by atoms with van der Waals surface area (Å²) < 4.78 is 12.2. The molecule has 0 bridgehead atoms. The largest absolute Gasteiger partial charge is 0.480 e. The first-order valence-corrected chi connectivity index (χ1v) is 5.12. The molecule has 0 heterocycles. The molecule has 5 heteroatoms. The molecule has 0 aromatic heterocycles. The van der Waals surface area contributed by atoms with Gasteiger partial charge in [-0.25, -0.2) is 9.18 Å². The Hall–Kier alpha value is -1.13. The third kappa shape index (κ3) is 5.34. The van der Waals surface area contributed by atoms with Crippen molar-refractivity contribution in [1.29, 1.82) is 0 Å². The zero-order chi connectivity index (χ0) is 11.8. The minimum absolute atomic E-state index is 0.265. The fraction of sp³-hybridized carbons (Fsp3) is 0.800. The van der Waals surface area contributed by atoms with E-state index >= 15 is 0 Å². The van der Waals surface area contributed by atoms with Gasteiger partial charge in [0.2, 0.25) is 5.91 Å². The van der Waals surface area contributed by atoms with Crippen LogP contribution in [-0.2, 0) is 9.59 Å². The van der Waals surface area contributed by atoms with Gasteiger partial charge >= 0.3 is 5.97 Å². The van der Waals surface area contributed by atoms with Gasteiger partial charge < -0.3 is 10.4 Å². The molecule has 15 heavy (non-hydrogen) atoms. The van der Waals surface area contributed by atoms with Crippen LogP contribution in [0.25, 0.3) is 0 Å². The van der Waals surface area contributed by atoms with Crippen LogP contribution in [0.5, 0.6) is 0 Å². The van der Waals surface area contributed by atoms with Crippen LogP contribution in [0.15, 0.2) is 0 Å². The molecule has 0 aliphatic heterocycles. The summed E-state index contributed by atoms with van der Waals surface area (Å²) in [5, 5.41) is 10.7. The summed E-state index contributed by atoms with van der Waals surface area (Å²) in [6.07, 6.45) is 2.58. The van der Waals surface area contributed by atoms with Crippen LogP contribution in [0.4, 0.5) is 4.39 Å². The number of aliphatic carboxylic acids is 1. The lowest BCUT2D eigenvalue weighted by molar-refractivity contribution is -0.142. The quantitative estimate of drug-likeness (QED) is 0.679. The second kappa shape index (κ2) is 7.20. The number of unbranched alkanes of at least 4 members (excludes halogenated alkanes) is 1. The second-order valence-electron chi connectivity index (χ2n) is 3.60. The molecule has 2 N–H and O–H groups in total. The van der Waals surface area contributed by atoms with Crippen LogP contribution in [0.2, 0.25) is 0 Å². The van der Waals surface area contributed by atoms with Crippen molar-refractivity contribution in [2.75, 3.05) is 6.67 Å². The SMILES string of the molecule is CCCCC(C)C(=O)NC(CF)C(=O)O. The molecule has 4 nitrogen and oxygen atoms in total. The Labute approximate surface area is 88.9 Å². The number of carboxylic acid groups (broad SMARTS) is 1. The smallest absolute Gasteiger partial charge is 0.328 e. The van der Waals surface area contributed by atoms with Gasteiger partial charge in [-0.05, 0) is 6.42 Å². The Bertz CT molecular complexity index is 221. The van der Waals surface area contributed by atoms with Crippen LogP contribution in [-0.4, -0.2) is 29.7 Å². The second-order valence-corrected chi connectivity index (χ2v) is 3.60. The van der Waals surface area contributed by atoms with Gasteiger partial charge in [0.15, 0.2) is 6.04 Å². The van der Waals surface area contributed by atoms with Crippen LogP contribution in [0.3, 0.4) is 0 Å². The third-order valence-corrected chi connectivity index (χ3v) is 2.21. The number of carbonyl (C=O) groups excluding carboxylic acids is 1. The highest BCUT2D eigenvalue weighted by Crippen LogP contribution is 2.07. The molecular weight excluding hydrogens is 201 g/mol. The maximum atomic E-state index is 12.2. The Kier molecular flexibility index (Phi) is 6.66. The zero-order valence-corrected chi connectivity index (χ0v) is 9.12. The van der Waals surface area contributed by atoms with E-state index in [-0.39, 0.29) is 5.92 Å². The third-order valence-electron chi connectivity index (χ3n) is 2.21. The summed E-state index contributed by atoms with van der Waals surface area (Å²) in [6, 6.07) is -1.42. The first kappa shape index (κ1) is 13.9. The Morgan fingerprint density at radius 2 is 2.07 bits per heavy atom. The predicted octanol–water partition coefficient (Wildman–Crippen LogP) is 1.35. The molecule has 0 aliphatic carbocycles. The lowest BCUT2D eigenvalue weighted by atomic mass is 10.0. The maximum absolute atomic E-state index is 12.2. The summed E-state index contributed by atoms with van der Waals surface area (Å²) in [6.45, 7) is 2.63. The lowest BCUT2D eigenvalue weighted by Gasteiger charge is -2.15. The first-order chi connectivity index (χ1) is 7.02. The summed E-state index contributed by atoms with van der Waals surface area (Å²) >= 11 is 0. The van der Waals surface area contributed by atoms with Gasteiger partial charge in [-0.3, -0.25) is 4.79 Å². The summed E-state index contributed by atoms with van der Waals surface area (Å²) in [7, 11) is 0. The van der Waals surface area contributed by atoms with Crippen molar-refractivity contribution in [3.63, 3.8) is 0 Å². The van der Waals surface area contributed by atoms with Gasteiger partial charge in [-0.2, -0.15) is 0 Å². The number of hydrogen-bond acceptors (Lipinski definition) is 2. The highest BCUT2D eigenvalue weighted by Gasteiger charge is 2.22. The van der Waals surface area contributed by atoms with Crippen LogP contribution in [0, 0.1) is 5.92 Å². The van der Waals surface area contributed by atoms with E-state index in [0.29, 0.717) is 6.42 Å². The minimum atomic E-state index is -1.42. The topological polar surface area (TPSA) is 66.4 Å². The van der Waals surface area contributed by atoms with E-state index in [1.165, 1.54) is 0 Å². The molecule has 0 aromatic carbocycles. The van der Waals surface area contributed by atoms with E-state index in [9.17, 15) is 14.0 Å². The van der Waals surface area contributed by atoms with Crippen LogP contribution < -0.4 is 5.32 Å². The van der Waals surface area contributed by atoms with E-state index < -0.39 is 24.6 Å². The number of rotatable bonds is 7. The molecule has 0 saturated carbocycles. The number of amides is 1. The molecule has 88 valence electrons. The van der Waals surface area contributed by atoms with E-state index in [1.807, 2.05) is 6.92 Å². The maximum Gasteiger partial charge on any atom is 0.328 e. The summed E-state index contributed by atoms with van der Waals surface area (Å²) in [5.41, 5.74) is 0. The standard InChI is InChI=1S/C10H18FNO3/c1-3-4-5-7(2)9(13)12-8(6-11)10(14)15/h7-8H,3-6H2,1-2H3,(H,12,13)(H,14,15). The van der Waals surface area contributed by atoms with Gasteiger partial charge in [0.1, 0.15) is 6.67 Å². The van der Waals surface area contributed by atoms with Crippen LogP contribution >= 0.6 is 0 Å². The number of carboxylic acids is 1. The van der Waals surface area contributed by atoms with Crippen molar-refractivity contribution in [3.05, 3.63) is 0 Å². The molecule has 0 fully saturated rings.